The van der Waals surface area contributed by atoms with E-state index in [4.69, 9.17) is 14.6 Å². The van der Waals surface area contributed by atoms with Crippen LogP contribution in [-0.4, -0.2) is 38.4 Å². The Morgan fingerprint density at radius 3 is 2.11 bits per heavy atom. The van der Waals surface area contributed by atoms with E-state index < -0.39 is 11.9 Å². The highest BCUT2D eigenvalue weighted by Crippen LogP contribution is 2.31. The molecule has 0 spiro atoms. The van der Waals surface area contributed by atoms with E-state index >= 15 is 0 Å². The molecule has 0 saturated heterocycles. The van der Waals surface area contributed by atoms with Gasteiger partial charge < -0.3 is 19.3 Å². The van der Waals surface area contributed by atoms with Crippen LogP contribution in [0.1, 0.15) is 15.9 Å². The quantitative estimate of drug-likeness (QED) is 0.793. The number of carbonyl (C=O) groups excluding carboxylic acids is 1. The van der Waals surface area contributed by atoms with Gasteiger partial charge in [-0.1, -0.05) is 0 Å². The van der Waals surface area contributed by atoms with Crippen molar-refractivity contribution in [2.24, 2.45) is 0 Å². The van der Waals surface area contributed by atoms with E-state index in [0.29, 0.717) is 17.1 Å². The van der Waals surface area contributed by atoms with E-state index in [-0.39, 0.29) is 12.0 Å². The molecule has 98 valence electrons. The minimum absolute atomic E-state index is 0.0157. The van der Waals surface area contributed by atoms with Crippen LogP contribution in [0, 0.1) is 0 Å². The van der Waals surface area contributed by atoms with Gasteiger partial charge in [0.2, 0.25) is 0 Å². The summed E-state index contributed by atoms with van der Waals surface area (Å²) >= 11 is 0. The maximum atomic E-state index is 11.2. The molecule has 0 aliphatic rings. The van der Waals surface area contributed by atoms with Crippen molar-refractivity contribution in [3.63, 3.8) is 0 Å². The molecule has 6 nitrogen and oxygen atoms in total. The predicted molar refractivity (Wildman–Crippen MR) is 62.2 cm³/mol. The number of carboxylic acid groups (broad SMARTS) is 1. The fraction of sp³-hybridized carbons (Fsp3) is 0.333. The summed E-state index contributed by atoms with van der Waals surface area (Å²) in [4.78, 5) is 22.3. The number of benzene rings is 1. The van der Waals surface area contributed by atoms with Crippen LogP contribution in [-0.2, 0) is 16.0 Å². The van der Waals surface area contributed by atoms with Crippen LogP contribution in [0.15, 0.2) is 12.1 Å². The van der Waals surface area contributed by atoms with E-state index in [1.54, 1.807) is 0 Å². The second-order valence-corrected chi connectivity index (χ2v) is 3.42. The summed E-state index contributed by atoms with van der Waals surface area (Å²) in [5.74, 6) is -1.01. The fourth-order valence-electron chi connectivity index (χ4n) is 1.49. The molecule has 0 fully saturated rings. The number of hydrogen-bond acceptors (Lipinski definition) is 5. The van der Waals surface area contributed by atoms with Crippen LogP contribution in [0.4, 0.5) is 0 Å². The third kappa shape index (κ3) is 2.91. The van der Waals surface area contributed by atoms with E-state index in [1.165, 1.54) is 33.5 Å². The van der Waals surface area contributed by atoms with Gasteiger partial charge in [0.25, 0.3) is 0 Å². The molecule has 0 heterocycles. The number of carboxylic acids is 1. The smallest absolute Gasteiger partial charge is 0.336 e. The molecule has 1 aromatic carbocycles. The summed E-state index contributed by atoms with van der Waals surface area (Å²) in [6.07, 6.45) is -0.140. The third-order valence-electron chi connectivity index (χ3n) is 2.40. The number of rotatable bonds is 5. The topological polar surface area (TPSA) is 82.1 Å². The zero-order valence-electron chi connectivity index (χ0n) is 10.4. The number of esters is 1. The van der Waals surface area contributed by atoms with Gasteiger partial charge in [0.05, 0.1) is 33.3 Å². The molecule has 6 heteroatoms. The lowest BCUT2D eigenvalue weighted by molar-refractivity contribution is -0.139. The number of aromatic carboxylic acids is 1. The average molecular weight is 254 g/mol. The summed E-state index contributed by atoms with van der Waals surface area (Å²) < 4.78 is 14.6. The van der Waals surface area contributed by atoms with Gasteiger partial charge in [-0.25, -0.2) is 4.79 Å². The Balaban J connectivity index is 3.28. The Bertz CT molecular complexity index is 466. The summed E-state index contributed by atoms with van der Waals surface area (Å²) in [5.41, 5.74) is 0.296. The molecule has 0 aromatic heterocycles. The first-order valence-electron chi connectivity index (χ1n) is 5.08. The van der Waals surface area contributed by atoms with E-state index in [0.717, 1.165) is 0 Å². The van der Waals surface area contributed by atoms with Crippen LogP contribution in [0.3, 0.4) is 0 Å². The van der Waals surface area contributed by atoms with Crippen molar-refractivity contribution in [1.82, 2.24) is 0 Å². The van der Waals surface area contributed by atoms with E-state index in [9.17, 15) is 9.59 Å². The second-order valence-electron chi connectivity index (χ2n) is 3.42. The highest BCUT2D eigenvalue weighted by atomic mass is 16.5. The zero-order chi connectivity index (χ0) is 13.7. The molecule has 0 unspecified atom stereocenters. The Hall–Kier alpha value is -2.24. The van der Waals surface area contributed by atoms with E-state index in [1.807, 2.05) is 0 Å². The maximum absolute atomic E-state index is 11.2. The molecule has 0 radical (unpaired) electrons. The summed E-state index contributed by atoms with van der Waals surface area (Å²) in [7, 11) is 4.08. The average Bonchev–Trinajstić information content (AvgIpc) is 2.37. The van der Waals surface area contributed by atoms with Crippen molar-refractivity contribution in [2.45, 2.75) is 6.42 Å². The first-order valence-corrected chi connectivity index (χ1v) is 5.08. The lowest BCUT2D eigenvalue weighted by atomic mass is 10.0. The summed E-state index contributed by atoms with van der Waals surface area (Å²) in [6.45, 7) is 0. The monoisotopic (exact) mass is 254 g/mol. The van der Waals surface area contributed by atoms with Crippen molar-refractivity contribution in [3.05, 3.63) is 23.3 Å². The minimum Gasteiger partial charge on any atom is -0.493 e. The standard InChI is InChI=1S/C12H14O6/c1-16-9-4-7(5-11(13)18-3)8(12(14)15)6-10(9)17-2/h4,6H,5H2,1-3H3,(H,14,15). The largest absolute Gasteiger partial charge is 0.493 e. The normalized spacial score (nSPS) is 9.72. The van der Waals surface area contributed by atoms with E-state index in [2.05, 4.69) is 4.74 Å². The Morgan fingerprint density at radius 2 is 1.67 bits per heavy atom. The molecule has 0 amide bonds. The lowest BCUT2D eigenvalue weighted by Gasteiger charge is -2.12. The molecular weight excluding hydrogens is 240 g/mol. The summed E-state index contributed by atoms with van der Waals surface area (Å²) in [6, 6.07) is 2.78. The third-order valence-corrected chi connectivity index (χ3v) is 2.40. The molecule has 0 bridgehead atoms. The van der Waals surface area contributed by atoms with Gasteiger partial charge in [0.1, 0.15) is 0 Å². The first kappa shape index (κ1) is 13.8. The van der Waals surface area contributed by atoms with Gasteiger partial charge >= 0.3 is 11.9 Å². The van der Waals surface area contributed by atoms with Gasteiger partial charge in [0, 0.05) is 0 Å². The lowest BCUT2D eigenvalue weighted by Crippen LogP contribution is -2.10. The molecule has 0 aliphatic carbocycles. The van der Waals surface area contributed by atoms with Gasteiger partial charge in [-0.15, -0.1) is 0 Å². The molecule has 0 atom stereocenters. The van der Waals surface area contributed by atoms with Crippen LogP contribution in [0.5, 0.6) is 11.5 Å². The molecule has 0 saturated carbocycles. The molecule has 1 aromatic rings. The number of ether oxygens (including phenoxy) is 3. The Kier molecular flexibility index (Phi) is 4.53. The van der Waals surface area contributed by atoms with Crippen LogP contribution < -0.4 is 9.47 Å². The Labute approximate surface area is 104 Å². The van der Waals surface area contributed by atoms with Crippen molar-refractivity contribution >= 4 is 11.9 Å². The van der Waals surface area contributed by atoms with Gasteiger partial charge in [-0.3, -0.25) is 4.79 Å². The van der Waals surface area contributed by atoms with Crippen molar-refractivity contribution in [2.75, 3.05) is 21.3 Å². The number of hydrogen-bond donors (Lipinski definition) is 1. The fourth-order valence-corrected chi connectivity index (χ4v) is 1.49. The maximum Gasteiger partial charge on any atom is 0.336 e. The SMILES string of the molecule is COC(=O)Cc1cc(OC)c(OC)cc1C(=O)O. The zero-order valence-corrected chi connectivity index (χ0v) is 10.4. The molecular formula is C12H14O6. The first-order chi connectivity index (χ1) is 8.53. The van der Waals surface area contributed by atoms with Crippen molar-refractivity contribution in [3.8, 4) is 11.5 Å². The molecule has 18 heavy (non-hydrogen) atoms. The van der Waals surface area contributed by atoms with Gasteiger partial charge in [0.15, 0.2) is 11.5 Å². The molecule has 0 aliphatic heterocycles. The predicted octanol–water partition coefficient (Wildman–Crippen LogP) is 1.12. The molecule has 1 rings (SSSR count). The summed E-state index contributed by atoms with van der Waals surface area (Å²) in [5, 5.41) is 9.09. The highest BCUT2D eigenvalue weighted by Gasteiger charge is 2.18. The van der Waals surface area contributed by atoms with Crippen LogP contribution in [0.2, 0.25) is 0 Å². The number of carbonyl (C=O) groups is 2. The minimum atomic E-state index is -1.14. The van der Waals surface area contributed by atoms with Crippen LogP contribution in [0.25, 0.3) is 0 Å². The van der Waals surface area contributed by atoms with Gasteiger partial charge in [-0.05, 0) is 17.7 Å². The van der Waals surface area contributed by atoms with Crippen molar-refractivity contribution in [1.29, 1.82) is 0 Å². The van der Waals surface area contributed by atoms with Gasteiger partial charge in [-0.2, -0.15) is 0 Å². The Morgan fingerprint density at radius 1 is 1.11 bits per heavy atom. The second kappa shape index (κ2) is 5.90. The highest BCUT2D eigenvalue weighted by molar-refractivity contribution is 5.92. The number of methoxy groups -OCH3 is 3. The van der Waals surface area contributed by atoms with Crippen molar-refractivity contribution < 1.29 is 28.9 Å². The molecule has 1 N–H and O–H groups in total. The van der Waals surface area contributed by atoms with Crippen LogP contribution >= 0.6 is 0 Å².